The van der Waals surface area contributed by atoms with Crippen LogP contribution in [0.25, 0.3) is 0 Å². The number of ether oxygens (including phenoxy) is 2. The third-order valence-corrected chi connectivity index (χ3v) is 1.85. The quantitative estimate of drug-likeness (QED) is 0.610. The highest BCUT2D eigenvalue weighted by molar-refractivity contribution is 5.13. The van der Waals surface area contributed by atoms with Crippen molar-refractivity contribution in [2.45, 2.75) is 39.5 Å². The molecule has 1 aliphatic rings. The van der Waals surface area contributed by atoms with Crippen LogP contribution in [0.1, 0.15) is 39.5 Å². The van der Waals surface area contributed by atoms with E-state index in [1.165, 1.54) is 0 Å². The molecule has 2 nitrogen and oxygen atoms in total. The minimum absolute atomic E-state index is 0.828. The third kappa shape index (κ3) is 2.43. The van der Waals surface area contributed by atoms with E-state index in [0.29, 0.717) is 0 Å². The minimum Gasteiger partial charge on any atom is -0.494 e. The van der Waals surface area contributed by atoms with E-state index in [2.05, 4.69) is 13.8 Å². The maximum atomic E-state index is 5.49. The van der Waals surface area contributed by atoms with Crippen LogP contribution in [0.4, 0.5) is 0 Å². The van der Waals surface area contributed by atoms with E-state index in [1.54, 1.807) is 0 Å². The number of allylic oxidation sites excluding steroid dienone is 2. The fraction of sp³-hybridized carbons (Fsp3) is 0.800. The minimum atomic E-state index is 0.828. The van der Waals surface area contributed by atoms with Gasteiger partial charge in [0.1, 0.15) is 11.5 Å². The maximum absolute atomic E-state index is 5.49. The summed E-state index contributed by atoms with van der Waals surface area (Å²) in [5, 5.41) is 0. The van der Waals surface area contributed by atoms with Crippen LogP contribution in [-0.2, 0) is 9.47 Å². The Kier molecular flexibility index (Phi) is 3.98. The molecule has 0 saturated heterocycles. The molecule has 0 N–H and O–H groups in total. The van der Waals surface area contributed by atoms with Crippen molar-refractivity contribution in [3.05, 3.63) is 11.5 Å². The Morgan fingerprint density at radius 3 is 1.58 bits per heavy atom. The highest BCUT2D eigenvalue weighted by Gasteiger charge is 2.19. The molecule has 0 aromatic rings. The molecule has 0 heterocycles. The van der Waals surface area contributed by atoms with E-state index < -0.39 is 0 Å². The number of rotatable bonds is 6. The highest BCUT2D eigenvalue weighted by atomic mass is 16.5. The molecule has 0 aliphatic heterocycles. The zero-order chi connectivity index (χ0) is 8.81. The van der Waals surface area contributed by atoms with Crippen LogP contribution in [0, 0.1) is 0 Å². The Hall–Kier alpha value is -0.660. The van der Waals surface area contributed by atoms with Gasteiger partial charge in [-0.15, -0.1) is 0 Å². The summed E-state index contributed by atoms with van der Waals surface area (Å²) < 4.78 is 11.0. The first-order valence-electron chi connectivity index (χ1n) is 4.86. The van der Waals surface area contributed by atoms with Gasteiger partial charge >= 0.3 is 0 Å². The molecular formula is C10H18O2. The van der Waals surface area contributed by atoms with Crippen LogP contribution < -0.4 is 0 Å². The summed E-state index contributed by atoms with van der Waals surface area (Å²) in [7, 11) is 0. The van der Waals surface area contributed by atoms with Gasteiger partial charge in [-0.3, -0.25) is 0 Å². The second kappa shape index (κ2) is 5.07. The molecule has 0 spiro atoms. The van der Waals surface area contributed by atoms with Crippen LogP contribution >= 0.6 is 0 Å². The van der Waals surface area contributed by atoms with Gasteiger partial charge in [0, 0.05) is 12.8 Å². The Labute approximate surface area is 74.6 Å². The van der Waals surface area contributed by atoms with E-state index in [9.17, 15) is 0 Å². The van der Waals surface area contributed by atoms with Gasteiger partial charge in [-0.05, 0) is 12.8 Å². The second-order valence-electron chi connectivity index (χ2n) is 3.04. The average Bonchev–Trinajstić information content (AvgIpc) is 2.04. The predicted octanol–water partition coefficient (Wildman–Crippen LogP) is 2.85. The lowest BCUT2D eigenvalue weighted by Crippen LogP contribution is -2.11. The van der Waals surface area contributed by atoms with Crippen LogP contribution in [-0.4, -0.2) is 13.2 Å². The van der Waals surface area contributed by atoms with E-state index in [-0.39, 0.29) is 0 Å². The van der Waals surface area contributed by atoms with Crippen molar-refractivity contribution in [3.8, 4) is 0 Å². The fourth-order valence-corrected chi connectivity index (χ4v) is 1.08. The van der Waals surface area contributed by atoms with Crippen LogP contribution in [0.2, 0.25) is 0 Å². The molecule has 1 rings (SSSR count). The molecule has 0 amide bonds. The van der Waals surface area contributed by atoms with Crippen LogP contribution in [0.3, 0.4) is 0 Å². The van der Waals surface area contributed by atoms with Gasteiger partial charge in [0.15, 0.2) is 0 Å². The van der Waals surface area contributed by atoms with Gasteiger partial charge < -0.3 is 9.47 Å². The molecule has 12 heavy (non-hydrogen) atoms. The smallest absolute Gasteiger partial charge is 0.134 e. The van der Waals surface area contributed by atoms with Crippen molar-refractivity contribution in [3.63, 3.8) is 0 Å². The molecule has 1 aliphatic carbocycles. The molecule has 0 unspecified atom stereocenters. The van der Waals surface area contributed by atoms with Crippen molar-refractivity contribution in [1.29, 1.82) is 0 Å². The molecule has 0 bridgehead atoms. The Morgan fingerprint density at radius 1 is 0.917 bits per heavy atom. The van der Waals surface area contributed by atoms with Crippen molar-refractivity contribution >= 4 is 0 Å². The fourth-order valence-electron chi connectivity index (χ4n) is 1.08. The molecule has 0 aromatic carbocycles. The van der Waals surface area contributed by atoms with Gasteiger partial charge in [-0.2, -0.15) is 0 Å². The lowest BCUT2D eigenvalue weighted by molar-refractivity contribution is 0.112. The first-order chi connectivity index (χ1) is 5.88. The first kappa shape index (κ1) is 9.43. The van der Waals surface area contributed by atoms with Crippen molar-refractivity contribution in [2.75, 3.05) is 13.2 Å². The largest absolute Gasteiger partial charge is 0.494 e. The summed E-state index contributed by atoms with van der Waals surface area (Å²) in [5.74, 6) is 2.18. The van der Waals surface area contributed by atoms with E-state index in [1.807, 2.05) is 0 Å². The standard InChI is InChI=1S/C10H18O2/c1-3-7-11-9-5-6-10(9)12-8-4-2/h3-8H2,1-2H3. The summed E-state index contributed by atoms with van der Waals surface area (Å²) in [6.45, 7) is 5.89. The van der Waals surface area contributed by atoms with Crippen molar-refractivity contribution in [2.24, 2.45) is 0 Å². The zero-order valence-corrected chi connectivity index (χ0v) is 8.06. The molecule has 0 fully saturated rings. The summed E-state index contributed by atoms with van der Waals surface area (Å²) >= 11 is 0. The third-order valence-electron chi connectivity index (χ3n) is 1.85. The first-order valence-corrected chi connectivity index (χ1v) is 4.86. The summed E-state index contributed by atoms with van der Waals surface area (Å²) in [4.78, 5) is 0. The topological polar surface area (TPSA) is 18.5 Å². The van der Waals surface area contributed by atoms with Crippen molar-refractivity contribution < 1.29 is 9.47 Å². The van der Waals surface area contributed by atoms with Gasteiger partial charge in [0.25, 0.3) is 0 Å². The van der Waals surface area contributed by atoms with Gasteiger partial charge in [0.05, 0.1) is 13.2 Å². The number of hydrogen-bond donors (Lipinski definition) is 0. The van der Waals surface area contributed by atoms with Gasteiger partial charge in [0.2, 0.25) is 0 Å². The monoisotopic (exact) mass is 170 g/mol. The molecular weight excluding hydrogens is 152 g/mol. The number of hydrogen-bond acceptors (Lipinski definition) is 2. The Morgan fingerprint density at radius 2 is 1.33 bits per heavy atom. The zero-order valence-electron chi connectivity index (χ0n) is 8.06. The second-order valence-corrected chi connectivity index (χ2v) is 3.04. The summed E-state index contributed by atoms with van der Waals surface area (Å²) in [6.07, 6.45) is 4.28. The van der Waals surface area contributed by atoms with Crippen LogP contribution in [0.5, 0.6) is 0 Å². The van der Waals surface area contributed by atoms with E-state index in [0.717, 1.165) is 50.4 Å². The SMILES string of the molecule is CCCOC1=C(OCCC)CC1. The molecule has 0 atom stereocenters. The van der Waals surface area contributed by atoms with Gasteiger partial charge in [-0.1, -0.05) is 13.8 Å². The van der Waals surface area contributed by atoms with Gasteiger partial charge in [-0.25, -0.2) is 0 Å². The molecule has 2 heteroatoms. The predicted molar refractivity (Wildman–Crippen MR) is 48.7 cm³/mol. The molecule has 0 aromatic heterocycles. The van der Waals surface area contributed by atoms with E-state index in [4.69, 9.17) is 9.47 Å². The lowest BCUT2D eigenvalue weighted by Gasteiger charge is -2.23. The molecule has 0 radical (unpaired) electrons. The normalized spacial score (nSPS) is 15.8. The maximum Gasteiger partial charge on any atom is 0.134 e. The Bertz CT molecular complexity index is 143. The van der Waals surface area contributed by atoms with Crippen LogP contribution in [0.15, 0.2) is 11.5 Å². The highest BCUT2D eigenvalue weighted by Crippen LogP contribution is 2.29. The average molecular weight is 170 g/mol. The summed E-state index contributed by atoms with van der Waals surface area (Å²) in [5.41, 5.74) is 0. The lowest BCUT2D eigenvalue weighted by atomic mass is 10.1. The summed E-state index contributed by atoms with van der Waals surface area (Å²) in [6, 6.07) is 0. The molecule has 0 saturated carbocycles. The van der Waals surface area contributed by atoms with Crippen molar-refractivity contribution in [1.82, 2.24) is 0 Å². The Balaban J connectivity index is 2.22. The molecule has 70 valence electrons. The van der Waals surface area contributed by atoms with E-state index >= 15 is 0 Å².